The number of nitrogens with zero attached hydrogens (tertiary/aromatic N) is 1. The van der Waals surface area contributed by atoms with Crippen LogP contribution in [0.4, 0.5) is 0 Å². The molecule has 0 bridgehead atoms. The second kappa shape index (κ2) is 7.47. The Balaban J connectivity index is 2.35. The molecule has 124 valence electrons. The third-order valence-electron chi connectivity index (χ3n) is 4.53. The predicted molar refractivity (Wildman–Crippen MR) is 88.8 cm³/mol. The molecule has 0 unspecified atom stereocenters. The summed E-state index contributed by atoms with van der Waals surface area (Å²) in [6.07, 6.45) is 6.17. The van der Waals surface area contributed by atoms with E-state index in [4.69, 9.17) is 4.74 Å². The van der Waals surface area contributed by atoms with Crippen LogP contribution in [0.15, 0.2) is 23.1 Å². The lowest BCUT2D eigenvalue weighted by Crippen LogP contribution is -2.41. The number of hydrogen-bond acceptors (Lipinski definition) is 3. The summed E-state index contributed by atoms with van der Waals surface area (Å²) in [4.78, 5) is 0.387. The Morgan fingerprint density at radius 2 is 1.86 bits per heavy atom. The van der Waals surface area contributed by atoms with Gasteiger partial charge in [-0.3, -0.25) is 0 Å². The Morgan fingerprint density at radius 1 is 1.18 bits per heavy atom. The van der Waals surface area contributed by atoms with Crippen molar-refractivity contribution in [1.29, 1.82) is 0 Å². The smallest absolute Gasteiger partial charge is 0.243 e. The maximum absolute atomic E-state index is 13.0. The zero-order chi connectivity index (χ0) is 16.2. The monoisotopic (exact) mass is 325 g/mol. The largest absolute Gasteiger partial charge is 0.496 e. The van der Waals surface area contributed by atoms with Crippen LogP contribution in [0.25, 0.3) is 0 Å². The van der Waals surface area contributed by atoms with Crippen molar-refractivity contribution in [2.45, 2.75) is 63.3 Å². The molecule has 1 aromatic rings. The lowest BCUT2D eigenvalue weighted by molar-refractivity contribution is 0.261. The number of sulfonamides is 1. The van der Waals surface area contributed by atoms with Gasteiger partial charge in [0.2, 0.25) is 10.0 Å². The van der Waals surface area contributed by atoms with Gasteiger partial charge in [0.05, 0.1) is 12.0 Å². The van der Waals surface area contributed by atoms with Crippen LogP contribution < -0.4 is 4.74 Å². The summed E-state index contributed by atoms with van der Waals surface area (Å²) in [5.41, 5.74) is 0.934. The van der Waals surface area contributed by atoms with Crippen LogP contribution in [-0.2, 0) is 16.4 Å². The van der Waals surface area contributed by atoms with Crippen LogP contribution in [0.1, 0.15) is 51.5 Å². The molecular formula is C17H27NO3S. The third-order valence-corrected chi connectivity index (χ3v) is 6.56. The van der Waals surface area contributed by atoms with Crippen LogP contribution in [0.2, 0.25) is 0 Å². The van der Waals surface area contributed by atoms with Crippen LogP contribution >= 0.6 is 0 Å². The van der Waals surface area contributed by atoms with Crippen LogP contribution in [0.3, 0.4) is 0 Å². The number of ether oxygens (including phenoxy) is 1. The fraction of sp³-hybridized carbons (Fsp3) is 0.647. The molecule has 1 aliphatic rings. The molecule has 0 aromatic heterocycles. The van der Waals surface area contributed by atoms with Crippen molar-refractivity contribution in [2.24, 2.45) is 0 Å². The van der Waals surface area contributed by atoms with E-state index in [2.05, 4.69) is 0 Å². The molecule has 0 radical (unpaired) electrons. The first-order valence-corrected chi connectivity index (χ1v) is 9.67. The number of hydrogen-bond donors (Lipinski definition) is 0. The van der Waals surface area contributed by atoms with Gasteiger partial charge in [-0.1, -0.05) is 33.1 Å². The van der Waals surface area contributed by atoms with E-state index in [9.17, 15) is 8.42 Å². The van der Waals surface area contributed by atoms with Crippen molar-refractivity contribution in [3.63, 3.8) is 0 Å². The zero-order valence-electron chi connectivity index (χ0n) is 13.8. The van der Waals surface area contributed by atoms with Gasteiger partial charge in [0.1, 0.15) is 5.75 Å². The van der Waals surface area contributed by atoms with Crippen molar-refractivity contribution in [3.05, 3.63) is 23.8 Å². The van der Waals surface area contributed by atoms with E-state index in [0.717, 1.165) is 43.4 Å². The quantitative estimate of drug-likeness (QED) is 0.803. The average molecular weight is 325 g/mol. The first kappa shape index (κ1) is 17.3. The third kappa shape index (κ3) is 3.46. The normalized spacial score (nSPS) is 16.9. The number of benzene rings is 1. The molecule has 0 heterocycles. The second-order valence-corrected chi connectivity index (χ2v) is 7.72. The van der Waals surface area contributed by atoms with E-state index >= 15 is 0 Å². The molecule has 0 spiro atoms. The van der Waals surface area contributed by atoms with Gasteiger partial charge in [-0.05, 0) is 43.0 Å². The first-order valence-electron chi connectivity index (χ1n) is 8.23. The van der Waals surface area contributed by atoms with Gasteiger partial charge >= 0.3 is 0 Å². The van der Waals surface area contributed by atoms with Gasteiger partial charge in [-0.2, -0.15) is 4.31 Å². The number of rotatable bonds is 6. The van der Waals surface area contributed by atoms with Gasteiger partial charge in [0.25, 0.3) is 0 Å². The molecule has 2 rings (SSSR count). The Bertz CT molecular complexity index is 592. The molecule has 1 aliphatic carbocycles. The lowest BCUT2D eigenvalue weighted by Gasteiger charge is -2.32. The maximum Gasteiger partial charge on any atom is 0.243 e. The average Bonchev–Trinajstić information content (AvgIpc) is 2.55. The summed E-state index contributed by atoms with van der Waals surface area (Å²) in [6.45, 7) is 4.46. The van der Waals surface area contributed by atoms with Gasteiger partial charge in [-0.15, -0.1) is 0 Å². The molecule has 0 N–H and O–H groups in total. The second-order valence-electron chi connectivity index (χ2n) is 5.83. The fourth-order valence-corrected chi connectivity index (χ4v) is 5.07. The van der Waals surface area contributed by atoms with Gasteiger partial charge in [0.15, 0.2) is 0 Å². The molecule has 1 aromatic carbocycles. The van der Waals surface area contributed by atoms with Gasteiger partial charge in [-0.25, -0.2) is 8.42 Å². The van der Waals surface area contributed by atoms with E-state index in [1.807, 2.05) is 13.8 Å². The Morgan fingerprint density at radius 3 is 2.41 bits per heavy atom. The Kier molecular flexibility index (Phi) is 5.87. The molecule has 0 amide bonds. The molecule has 1 fully saturated rings. The SMILES string of the molecule is CCc1cc(S(=O)(=O)N(CC)C2CCCCC2)ccc1OC. The molecule has 0 aliphatic heterocycles. The van der Waals surface area contributed by atoms with Crippen molar-refractivity contribution in [3.8, 4) is 5.75 Å². The van der Waals surface area contributed by atoms with E-state index in [1.54, 1.807) is 29.6 Å². The zero-order valence-corrected chi connectivity index (χ0v) is 14.7. The minimum Gasteiger partial charge on any atom is -0.496 e. The first-order chi connectivity index (χ1) is 10.5. The fourth-order valence-electron chi connectivity index (χ4n) is 3.32. The van der Waals surface area contributed by atoms with Crippen LogP contribution in [-0.4, -0.2) is 32.4 Å². The van der Waals surface area contributed by atoms with Crippen molar-refractivity contribution < 1.29 is 13.2 Å². The molecule has 0 atom stereocenters. The standard InChI is InChI=1S/C17H27NO3S/c1-4-14-13-16(11-12-17(14)21-3)22(19,20)18(5-2)15-9-7-6-8-10-15/h11-13,15H,4-10H2,1-3H3. The number of methoxy groups -OCH3 is 1. The highest BCUT2D eigenvalue weighted by atomic mass is 32.2. The Hall–Kier alpha value is -1.07. The summed E-state index contributed by atoms with van der Waals surface area (Å²) in [7, 11) is -1.82. The summed E-state index contributed by atoms with van der Waals surface area (Å²) in [5.74, 6) is 0.752. The van der Waals surface area contributed by atoms with E-state index in [1.165, 1.54) is 6.42 Å². The lowest BCUT2D eigenvalue weighted by atomic mass is 9.95. The minimum absolute atomic E-state index is 0.149. The highest BCUT2D eigenvalue weighted by molar-refractivity contribution is 7.89. The van der Waals surface area contributed by atoms with Crippen LogP contribution in [0.5, 0.6) is 5.75 Å². The molecule has 5 heteroatoms. The molecule has 1 saturated carbocycles. The Labute approximate surface area is 134 Å². The topological polar surface area (TPSA) is 46.6 Å². The summed E-state index contributed by atoms with van der Waals surface area (Å²) >= 11 is 0. The maximum atomic E-state index is 13.0. The highest BCUT2D eigenvalue weighted by Crippen LogP contribution is 2.30. The van der Waals surface area contributed by atoms with Crippen LogP contribution in [0, 0.1) is 0 Å². The van der Waals surface area contributed by atoms with E-state index in [-0.39, 0.29) is 6.04 Å². The van der Waals surface area contributed by atoms with Crippen molar-refractivity contribution >= 4 is 10.0 Å². The molecule has 22 heavy (non-hydrogen) atoms. The van der Waals surface area contributed by atoms with E-state index < -0.39 is 10.0 Å². The predicted octanol–water partition coefficient (Wildman–Crippen LogP) is 3.60. The highest BCUT2D eigenvalue weighted by Gasteiger charge is 2.31. The van der Waals surface area contributed by atoms with Crippen molar-refractivity contribution in [1.82, 2.24) is 4.31 Å². The molecule has 0 saturated heterocycles. The summed E-state index contributed by atoms with van der Waals surface area (Å²) < 4.78 is 33.0. The van der Waals surface area contributed by atoms with Gasteiger partial charge < -0.3 is 4.74 Å². The van der Waals surface area contributed by atoms with Gasteiger partial charge in [0, 0.05) is 12.6 Å². The number of aryl methyl sites for hydroxylation is 1. The van der Waals surface area contributed by atoms with E-state index in [0.29, 0.717) is 11.4 Å². The molecular weight excluding hydrogens is 298 g/mol. The summed E-state index contributed by atoms with van der Waals surface area (Å²) in [5, 5.41) is 0. The minimum atomic E-state index is -3.43. The van der Waals surface area contributed by atoms with Crippen molar-refractivity contribution in [2.75, 3.05) is 13.7 Å². The molecule has 4 nitrogen and oxygen atoms in total. The summed E-state index contributed by atoms with van der Waals surface area (Å²) in [6, 6.07) is 5.34.